The zero-order chi connectivity index (χ0) is 21.3. The van der Waals surface area contributed by atoms with E-state index in [-0.39, 0.29) is 11.9 Å². The van der Waals surface area contributed by atoms with Crippen LogP contribution in [0.15, 0.2) is 49.0 Å². The van der Waals surface area contributed by atoms with Crippen molar-refractivity contribution in [3.8, 4) is 5.75 Å². The van der Waals surface area contributed by atoms with Crippen molar-refractivity contribution in [2.45, 2.75) is 39.3 Å². The highest BCUT2D eigenvalue weighted by atomic mass is 16.5. The molecular weight excluding hydrogens is 366 g/mol. The fraction of sp³-hybridized carbons (Fsp3) is 0.304. The van der Waals surface area contributed by atoms with Gasteiger partial charge in [0.15, 0.2) is 6.10 Å². The molecule has 1 heterocycles. The van der Waals surface area contributed by atoms with E-state index in [4.69, 9.17) is 4.74 Å². The Bertz CT molecular complexity index is 981. The quantitative estimate of drug-likeness (QED) is 0.802. The molecule has 3 rings (SSSR count). The van der Waals surface area contributed by atoms with Crippen molar-refractivity contribution in [2.24, 2.45) is 0 Å². The van der Waals surface area contributed by atoms with E-state index in [2.05, 4.69) is 17.2 Å². The van der Waals surface area contributed by atoms with Gasteiger partial charge in [-0.05, 0) is 63.1 Å². The lowest BCUT2D eigenvalue weighted by Crippen LogP contribution is -2.43. The molecule has 0 spiro atoms. The van der Waals surface area contributed by atoms with E-state index >= 15 is 0 Å². The second-order valence-electron chi connectivity index (χ2n) is 7.91. The molecule has 2 N–H and O–H groups in total. The number of urea groups is 1. The summed E-state index contributed by atoms with van der Waals surface area (Å²) in [4.78, 5) is 26.3. The SMILES string of the molecule is C=C(C)c1cccc(C(C)(C)NC(=O)Nc2ccc3c(c2)N(C)C(=O)C(C)O3)c1. The van der Waals surface area contributed by atoms with E-state index in [0.717, 1.165) is 16.7 Å². The molecule has 0 aromatic heterocycles. The number of ether oxygens (including phenoxy) is 1. The van der Waals surface area contributed by atoms with Crippen LogP contribution in [0.4, 0.5) is 16.2 Å². The Balaban J connectivity index is 1.75. The second kappa shape index (κ2) is 7.62. The lowest BCUT2D eigenvalue weighted by molar-refractivity contribution is -0.125. The number of nitrogens with one attached hydrogen (secondary N) is 2. The summed E-state index contributed by atoms with van der Waals surface area (Å²) < 4.78 is 5.62. The Morgan fingerprint density at radius 1 is 1.21 bits per heavy atom. The topological polar surface area (TPSA) is 70.7 Å². The summed E-state index contributed by atoms with van der Waals surface area (Å²) in [6.07, 6.45) is -0.523. The third kappa shape index (κ3) is 4.26. The predicted molar refractivity (Wildman–Crippen MR) is 116 cm³/mol. The Morgan fingerprint density at radius 3 is 2.62 bits per heavy atom. The first-order valence-electron chi connectivity index (χ1n) is 9.52. The largest absolute Gasteiger partial charge is 0.479 e. The molecule has 3 amide bonds. The fourth-order valence-electron chi connectivity index (χ4n) is 3.28. The van der Waals surface area contributed by atoms with Crippen LogP contribution in [0, 0.1) is 0 Å². The monoisotopic (exact) mass is 393 g/mol. The summed E-state index contributed by atoms with van der Waals surface area (Å²) >= 11 is 0. The van der Waals surface area contributed by atoms with Gasteiger partial charge in [0.05, 0.1) is 11.2 Å². The second-order valence-corrected chi connectivity index (χ2v) is 7.91. The first-order valence-corrected chi connectivity index (χ1v) is 9.52. The molecule has 152 valence electrons. The van der Waals surface area contributed by atoms with Crippen molar-refractivity contribution < 1.29 is 14.3 Å². The van der Waals surface area contributed by atoms with Gasteiger partial charge in [0, 0.05) is 12.7 Å². The van der Waals surface area contributed by atoms with Crippen molar-refractivity contribution in [2.75, 3.05) is 17.3 Å². The van der Waals surface area contributed by atoms with Crippen LogP contribution in [0.3, 0.4) is 0 Å². The predicted octanol–water partition coefficient (Wildman–Crippen LogP) is 4.52. The molecule has 1 aliphatic rings. The van der Waals surface area contributed by atoms with Crippen LogP contribution in [-0.2, 0) is 10.3 Å². The van der Waals surface area contributed by atoms with Crippen molar-refractivity contribution in [1.29, 1.82) is 0 Å². The van der Waals surface area contributed by atoms with Gasteiger partial charge in [-0.1, -0.05) is 30.4 Å². The lowest BCUT2D eigenvalue weighted by Gasteiger charge is -2.31. The number of hydrogen-bond donors (Lipinski definition) is 2. The van der Waals surface area contributed by atoms with Crippen molar-refractivity contribution in [3.05, 3.63) is 60.2 Å². The molecule has 0 radical (unpaired) electrons. The number of likely N-dealkylation sites (N-methyl/N-ethyl adjacent to an activating group) is 1. The van der Waals surface area contributed by atoms with Crippen molar-refractivity contribution in [1.82, 2.24) is 5.32 Å². The number of allylic oxidation sites excluding steroid dienone is 1. The normalized spacial score (nSPS) is 16.0. The summed E-state index contributed by atoms with van der Waals surface area (Å²) in [5.74, 6) is 0.486. The summed E-state index contributed by atoms with van der Waals surface area (Å²) in [7, 11) is 1.70. The number of fused-ring (bicyclic) bond motifs is 1. The Labute approximate surface area is 171 Å². The average Bonchev–Trinajstić information content (AvgIpc) is 2.66. The van der Waals surface area contributed by atoms with Crippen molar-refractivity contribution >= 4 is 28.9 Å². The summed E-state index contributed by atoms with van der Waals surface area (Å²) in [5, 5.41) is 5.84. The number of anilines is 2. The molecule has 6 heteroatoms. The number of nitrogens with zero attached hydrogens (tertiary/aromatic N) is 1. The number of carbonyl (C=O) groups is 2. The highest BCUT2D eigenvalue weighted by Gasteiger charge is 2.29. The van der Waals surface area contributed by atoms with Gasteiger partial charge in [-0.3, -0.25) is 4.79 Å². The third-order valence-electron chi connectivity index (χ3n) is 5.06. The smallest absolute Gasteiger partial charge is 0.319 e. The van der Waals surface area contributed by atoms with Crippen LogP contribution in [-0.4, -0.2) is 25.1 Å². The number of carbonyl (C=O) groups excluding carboxylic acids is 2. The summed E-state index contributed by atoms with van der Waals surface area (Å²) in [6, 6.07) is 12.9. The first-order chi connectivity index (χ1) is 13.6. The third-order valence-corrected chi connectivity index (χ3v) is 5.06. The molecule has 1 atom stereocenters. The minimum Gasteiger partial charge on any atom is -0.479 e. The molecule has 0 fully saturated rings. The number of hydrogen-bond acceptors (Lipinski definition) is 3. The van der Waals surface area contributed by atoms with Gasteiger partial charge < -0.3 is 20.3 Å². The summed E-state index contributed by atoms with van der Waals surface area (Å²) in [6.45, 7) is 11.5. The summed E-state index contributed by atoms with van der Waals surface area (Å²) in [5.41, 5.74) is 3.59. The Hall–Kier alpha value is -3.28. The van der Waals surface area contributed by atoms with Crippen LogP contribution in [0.1, 0.15) is 38.8 Å². The molecule has 1 unspecified atom stereocenters. The zero-order valence-corrected chi connectivity index (χ0v) is 17.5. The maximum absolute atomic E-state index is 12.6. The van der Waals surface area contributed by atoms with Crippen LogP contribution in [0.2, 0.25) is 0 Å². The van der Waals surface area contributed by atoms with Crippen LogP contribution >= 0.6 is 0 Å². The molecule has 29 heavy (non-hydrogen) atoms. The minimum absolute atomic E-state index is 0.127. The van der Waals surface area contributed by atoms with Gasteiger partial charge in [0.1, 0.15) is 5.75 Å². The van der Waals surface area contributed by atoms with Gasteiger partial charge in [-0.25, -0.2) is 4.79 Å². The van der Waals surface area contributed by atoms with Crippen LogP contribution in [0.25, 0.3) is 5.57 Å². The Morgan fingerprint density at radius 2 is 1.93 bits per heavy atom. The highest BCUT2D eigenvalue weighted by molar-refractivity contribution is 6.00. The molecule has 2 aromatic rings. The molecule has 1 aliphatic heterocycles. The van der Waals surface area contributed by atoms with Crippen LogP contribution < -0.4 is 20.3 Å². The van der Waals surface area contributed by atoms with E-state index in [1.807, 2.05) is 45.0 Å². The number of benzene rings is 2. The first kappa shape index (κ1) is 20.5. The van der Waals surface area contributed by atoms with Crippen LogP contribution in [0.5, 0.6) is 5.75 Å². The van der Waals surface area contributed by atoms with Gasteiger partial charge in [0.25, 0.3) is 5.91 Å². The maximum Gasteiger partial charge on any atom is 0.319 e. The van der Waals surface area contributed by atoms with E-state index in [1.165, 1.54) is 0 Å². The lowest BCUT2D eigenvalue weighted by atomic mass is 9.92. The van der Waals surface area contributed by atoms with Gasteiger partial charge in [-0.15, -0.1) is 0 Å². The highest BCUT2D eigenvalue weighted by Crippen LogP contribution is 2.35. The van der Waals surface area contributed by atoms with Gasteiger partial charge in [0.2, 0.25) is 0 Å². The molecule has 0 bridgehead atoms. The molecule has 0 saturated carbocycles. The van der Waals surface area contributed by atoms with Gasteiger partial charge >= 0.3 is 6.03 Å². The number of rotatable bonds is 4. The molecule has 0 aliphatic carbocycles. The van der Waals surface area contributed by atoms with E-state index < -0.39 is 11.6 Å². The molecule has 2 aromatic carbocycles. The van der Waals surface area contributed by atoms with Gasteiger partial charge in [-0.2, -0.15) is 0 Å². The molecule has 6 nitrogen and oxygen atoms in total. The fourth-order valence-corrected chi connectivity index (χ4v) is 3.28. The van der Waals surface area contributed by atoms with E-state index in [9.17, 15) is 9.59 Å². The minimum atomic E-state index is -0.588. The molecule has 0 saturated heterocycles. The van der Waals surface area contributed by atoms with E-state index in [1.54, 1.807) is 37.1 Å². The average molecular weight is 393 g/mol. The maximum atomic E-state index is 12.6. The standard InChI is InChI=1S/C23H27N3O3/c1-14(2)16-8-7-9-17(12-16)23(4,5)25-22(28)24-18-10-11-20-19(13-18)26(6)21(27)15(3)29-20/h7-13,15H,1H2,2-6H3,(H2,24,25,28). The van der Waals surface area contributed by atoms with Crippen molar-refractivity contribution in [3.63, 3.8) is 0 Å². The zero-order valence-electron chi connectivity index (χ0n) is 17.5. The van der Waals surface area contributed by atoms with E-state index in [0.29, 0.717) is 17.1 Å². The number of amides is 3. The Kier molecular flexibility index (Phi) is 5.38. The molecular formula is C23H27N3O3.